The van der Waals surface area contributed by atoms with Crippen molar-refractivity contribution in [1.82, 2.24) is 5.32 Å². The van der Waals surface area contributed by atoms with E-state index in [1.807, 2.05) is 0 Å². The van der Waals surface area contributed by atoms with E-state index in [0.717, 1.165) is 38.5 Å². The first-order chi connectivity index (χ1) is 8.11. The van der Waals surface area contributed by atoms with Crippen molar-refractivity contribution in [3.05, 3.63) is 0 Å². The van der Waals surface area contributed by atoms with E-state index in [1.165, 1.54) is 12.8 Å². The van der Waals surface area contributed by atoms with Gasteiger partial charge in [-0.3, -0.25) is 4.79 Å². The van der Waals surface area contributed by atoms with E-state index in [2.05, 4.69) is 19.2 Å². The van der Waals surface area contributed by atoms with Gasteiger partial charge in [0, 0.05) is 12.5 Å². The van der Waals surface area contributed by atoms with Gasteiger partial charge in [0.2, 0.25) is 5.91 Å². The van der Waals surface area contributed by atoms with Crippen LogP contribution in [-0.2, 0) is 4.79 Å². The van der Waals surface area contributed by atoms with Gasteiger partial charge in [-0.2, -0.15) is 0 Å². The van der Waals surface area contributed by atoms with Crippen molar-refractivity contribution in [2.75, 3.05) is 6.54 Å². The van der Waals surface area contributed by atoms with Crippen LogP contribution in [0.25, 0.3) is 0 Å². The Bertz CT molecular complexity index is 228. The summed E-state index contributed by atoms with van der Waals surface area (Å²) in [6, 6.07) is 0. The molecule has 17 heavy (non-hydrogen) atoms. The van der Waals surface area contributed by atoms with Crippen LogP contribution < -0.4 is 5.32 Å². The van der Waals surface area contributed by atoms with Crippen LogP contribution in [0.3, 0.4) is 0 Å². The summed E-state index contributed by atoms with van der Waals surface area (Å²) in [5, 5.41) is 13.3. The fraction of sp³-hybridized carbons (Fsp3) is 0.929. The summed E-state index contributed by atoms with van der Waals surface area (Å²) in [6.45, 7) is 4.56. The molecule has 1 aliphatic rings. The summed E-state index contributed by atoms with van der Waals surface area (Å²) in [5.74, 6) is 0.343. The summed E-state index contributed by atoms with van der Waals surface area (Å²) < 4.78 is 0. The highest BCUT2D eigenvalue weighted by atomic mass is 16.3. The molecule has 0 spiro atoms. The van der Waals surface area contributed by atoms with Gasteiger partial charge >= 0.3 is 0 Å². The molecule has 0 unspecified atom stereocenters. The summed E-state index contributed by atoms with van der Waals surface area (Å²) in [6.07, 6.45) is 7.83. The molecular formula is C14H27NO2. The highest BCUT2D eigenvalue weighted by Crippen LogP contribution is 2.25. The van der Waals surface area contributed by atoms with Crippen molar-refractivity contribution in [2.24, 2.45) is 5.92 Å². The molecule has 100 valence electrons. The lowest BCUT2D eigenvalue weighted by Crippen LogP contribution is -2.44. The third-order valence-electron chi connectivity index (χ3n) is 3.75. The first kappa shape index (κ1) is 14.5. The van der Waals surface area contributed by atoms with Crippen LogP contribution in [0.4, 0.5) is 0 Å². The quantitative estimate of drug-likeness (QED) is 0.720. The zero-order valence-electron chi connectivity index (χ0n) is 11.3. The lowest BCUT2D eigenvalue weighted by atomic mass is 9.92. The molecule has 3 nitrogen and oxygen atoms in total. The predicted octanol–water partition coefficient (Wildman–Crippen LogP) is 2.62. The normalized spacial score (nSPS) is 17.4. The standard InChI is InChI=1S/C14H27NO2/c1-3-9-14(17,10-4-2)11-15-13(16)12-7-5-6-8-12/h12,17H,3-11H2,1-2H3,(H,15,16). The number of hydrogen-bond acceptors (Lipinski definition) is 2. The van der Waals surface area contributed by atoms with E-state index in [4.69, 9.17) is 0 Å². The van der Waals surface area contributed by atoms with Gasteiger partial charge in [0.05, 0.1) is 5.60 Å². The molecule has 0 atom stereocenters. The Hall–Kier alpha value is -0.570. The van der Waals surface area contributed by atoms with E-state index in [9.17, 15) is 9.90 Å². The third kappa shape index (κ3) is 4.66. The maximum absolute atomic E-state index is 11.9. The van der Waals surface area contributed by atoms with Gasteiger partial charge in [-0.1, -0.05) is 39.5 Å². The molecule has 1 rings (SSSR count). The largest absolute Gasteiger partial charge is 0.388 e. The SMILES string of the molecule is CCCC(O)(CCC)CNC(=O)C1CCCC1. The van der Waals surface area contributed by atoms with Crippen LogP contribution >= 0.6 is 0 Å². The summed E-state index contributed by atoms with van der Waals surface area (Å²) >= 11 is 0. The van der Waals surface area contributed by atoms with Crippen LogP contribution in [0, 0.1) is 5.92 Å². The molecule has 0 aromatic heterocycles. The number of aliphatic hydroxyl groups is 1. The van der Waals surface area contributed by atoms with Crippen LogP contribution in [0.2, 0.25) is 0 Å². The van der Waals surface area contributed by atoms with Crippen molar-refractivity contribution in [3.63, 3.8) is 0 Å². The van der Waals surface area contributed by atoms with Crippen molar-refractivity contribution >= 4 is 5.91 Å². The molecule has 0 heterocycles. The number of hydrogen-bond donors (Lipinski definition) is 2. The minimum absolute atomic E-state index is 0.146. The summed E-state index contributed by atoms with van der Waals surface area (Å²) in [7, 11) is 0. The zero-order chi connectivity index (χ0) is 12.7. The fourth-order valence-corrected chi connectivity index (χ4v) is 2.82. The molecule has 0 aromatic rings. The minimum atomic E-state index is -0.697. The number of carbonyl (C=O) groups excluding carboxylic acids is 1. The second-order valence-electron chi connectivity index (χ2n) is 5.42. The second-order valence-corrected chi connectivity index (χ2v) is 5.42. The Labute approximate surface area is 105 Å². The van der Waals surface area contributed by atoms with Gasteiger partial charge in [-0.15, -0.1) is 0 Å². The van der Waals surface area contributed by atoms with Crippen molar-refractivity contribution in [1.29, 1.82) is 0 Å². The van der Waals surface area contributed by atoms with Gasteiger partial charge in [-0.25, -0.2) is 0 Å². The monoisotopic (exact) mass is 241 g/mol. The molecule has 1 aliphatic carbocycles. The number of rotatable bonds is 7. The average molecular weight is 241 g/mol. The molecule has 1 fully saturated rings. The first-order valence-corrected chi connectivity index (χ1v) is 7.11. The average Bonchev–Trinajstić information content (AvgIpc) is 2.80. The molecule has 0 aliphatic heterocycles. The smallest absolute Gasteiger partial charge is 0.223 e. The van der Waals surface area contributed by atoms with Crippen LogP contribution in [0.5, 0.6) is 0 Å². The maximum atomic E-state index is 11.9. The van der Waals surface area contributed by atoms with E-state index in [1.54, 1.807) is 0 Å². The number of amides is 1. The van der Waals surface area contributed by atoms with Crippen LogP contribution in [-0.4, -0.2) is 23.2 Å². The van der Waals surface area contributed by atoms with Gasteiger partial charge in [0.15, 0.2) is 0 Å². The Kier molecular flexibility index (Phi) is 5.96. The molecule has 0 radical (unpaired) electrons. The summed E-state index contributed by atoms with van der Waals surface area (Å²) in [5.41, 5.74) is -0.697. The van der Waals surface area contributed by atoms with Gasteiger partial charge in [-0.05, 0) is 25.7 Å². The number of carbonyl (C=O) groups is 1. The highest BCUT2D eigenvalue weighted by Gasteiger charge is 2.28. The summed E-state index contributed by atoms with van der Waals surface area (Å²) in [4.78, 5) is 11.9. The molecule has 2 N–H and O–H groups in total. The molecule has 0 saturated heterocycles. The first-order valence-electron chi connectivity index (χ1n) is 7.11. The van der Waals surface area contributed by atoms with E-state index in [-0.39, 0.29) is 11.8 Å². The minimum Gasteiger partial charge on any atom is -0.388 e. The van der Waals surface area contributed by atoms with Crippen molar-refractivity contribution in [2.45, 2.75) is 70.8 Å². The zero-order valence-corrected chi connectivity index (χ0v) is 11.3. The lowest BCUT2D eigenvalue weighted by Gasteiger charge is -2.28. The molecule has 1 saturated carbocycles. The van der Waals surface area contributed by atoms with E-state index in [0.29, 0.717) is 6.54 Å². The predicted molar refractivity (Wildman–Crippen MR) is 69.7 cm³/mol. The lowest BCUT2D eigenvalue weighted by molar-refractivity contribution is -0.126. The number of nitrogens with one attached hydrogen (secondary N) is 1. The van der Waals surface area contributed by atoms with Gasteiger partial charge in [0.1, 0.15) is 0 Å². The Morgan fingerprint density at radius 1 is 1.24 bits per heavy atom. The molecule has 0 bridgehead atoms. The van der Waals surface area contributed by atoms with Crippen molar-refractivity contribution in [3.8, 4) is 0 Å². The third-order valence-corrected chi connectivity index (χ3v) is 3.75. The molecule has 3 heteroatoms. The molecule has 1 amide bonds. The van der Waals surface area contributed by atoms with Gasteiger partial charge < -0.3 is 10.4 Å². The van der Waals surface area contributed by atoms with E-state index < -0.39 is 5.60 Å². The second kappa shape index (κ2) is 7.00. The van der Waals surface area contributed by atoms with Gasteiger partial charge in [0.25, 0.3) is 0 Å². The van der Waals surface area contributed by atoms with Crippen LogP contribution in [0.1, 0.15) is 65.2 Å². The Balaban J connectivity index is 2.37. The molecule has 0 aromatic carbocycles. The highest BCUT2D eigenvalue weighted by molar-refractivity contribution is 5.78. The fourth-order valence-electron chi connectivity index (χ4n) is 2.82. The maximum Gasteiger partial charge on any atom is 0.223 e. The topological polar surface area (TPSA) is 49.3 Å². The molecular weight excluding hydrogens is 214 g/mol. The Morgan fingerprint density at radius 2 is 1.76 bits per heavy atom. The van der Waals surface area contributed by atoms with E-state index >= 15 is 0 Å². The van der Waals surface area contributed by atoms with Crippen LogP contribution in [0.15, 0.2) is 0 Å². The Morgan fingerprint density at radius 3 is 2.24 bits per heavy atom. The van der Waals surface area contributed by atoms with Crippen molar-refractivity contribution < 1.29 is 9.90 Å².